The van der Waals surface area contributed by atoms with Crippen LogP contribution in [0.2, 0.25) is 10.0 Å². The number of hydrogen-bond donors (Lipinski definition) is 21. The number of carbonyl (C=O) groups excluding carboxylic acids is 9. The summed E-state index contributed by atoms with van der Waals surface area (Å²) in [5, 5.41) is 146. The summed E-state index contributed by atoms with van der Waals surface area (Å²) in [5.41, 5.74) is 9.41. The molecule has 0 spiro atoms. The fraction of sp³-hybridized carbons (Fsp3) is 0.412. The number of thioether (sulfide) groups is 1. The van der Waals surface area contributed by atoms with Gasteiger partial charge in [0.15, 0.2) is 29.9 Å². The number of β-lactam (4-membered cyclic amide) rings is 1. The van der Waals surface area contributed by atoms with Gasteiger partial charge in [-0.05, 0) is 131 Å². The second-order valence-corrected chi connectivity index (χ2v) is 35.7. The second-order valence-electron chi connectivity index (χ2n) is 33.1. The molecule has 41 nitrogen and oxygen atoms in total. The van der Waals surface area contributed by atoms with Crippen molar-refractivity contribution >= 4 is 100 Å². The Labute approximate surface area is 747 Å². The number of rotatable bonds is 17. The molecule has 0 aliphatic carbocycles. The molecule has 0 saturated carbocycles. The zero-order valence-electron chi connectivity index (χ0n) is 69.8. The van der Waals surface area contributed by atoms with Crippen LogP contribution in [0.5, 0.6) is 46.0 Å². The number of aryl methyl sites for hydroxylation is 1. The number of ether oxygens (including phenoxy) is 6. The molecule has 11 bridgehead atoms. The Morgan fingerprint density at radius 1 is 0.698 bits per heavy atom. The molecule has 0 radical (unpaired) electrons. The van der Waals surface area contributed by atoms with Crippen molar-refractivity contribution in [3.8, 4) is 68.4 Å². The van der Waals surface area contributed by atoms with Crippen molar-refractivity contribution in [1.29, 1.82) is 0 Å². The number of nitrogens with two attached hydrogens (primary N) is 2. The lowest BCUT2D eigenvalue weighted by Crippen LogP contribution is -2.70. The molecule has 7 aromatic rings. The van der Waals surface area contributed by atoms with Gasteiger partial charge in [-0.2, -0.15) is 0 Å². The number of benzene rings is 6. The minimum atomic E-state index is -2.35. The van der Waals surface area contributed by atoms with Crippen LogP contribution in [0.4, 0.5) is 0 Å². The summed E-state index contributed by atoms with van der Waals surface area (Å²) >= 11 is 15.5. The number of phenols is 3. The Morgan fingerprint density at radius 3 is 1.91 bits per heavy atom. The number of phenolic OH excluding ortho intramolecular Hbond substituents is 3. The van der Waals surface area contributed by atoms with Gasteiger partial charge in [-0.1, -0.05) is 90.7 Å². The molecule has 10 heterocycles. The van der Waals surface area contributed by atoms with E-state index < -0.39 is 271 Å². The van der Waals surface area contributed by atoms with Crippen molar-refractivity contribution in [1.82, 2.24) is 52.6 Å². The molecule has 16 rings (SSSR count). The highest BCUT2D eigenvalue weighted by atomic mass is 35.5. The smallest absolute Gasteiger partial charge is 0.330 e. The Hall–Kier alpha value is -12.0. The number of carboxylic acid groups (broad SMARTS) is 2. The van der Waals surface area contributed by atoms with Crippen molar-refractivity contribution in [3.05, 3.63) is 158 Å². The number of nitrogens with zero attached hydrogens (tertiary/aromatic N) is 2. The fourth-order valence-corrected chi connectivity index (χ4v) is 18.4. The number of aromatic hydroxyl groups is 3. The monoisotopic (exact) mass is 1850 g/mol. The van der Waals surface area contributed by atoms with E-state index in [0.29, 0.717) is 11.5 Å². The van der Waals surface area contributed by atoms with Gasteiger partial charge >= 0.3 is 11.9 Å². The number of aromatic nitrogens is 1. The summed E-state index contributed by atoms with van der Waals surface area (Å²) < 4.78 is 42.9. The minimum Gasteiger partial charge on any atom is -0.508 e. The number of aliphatic carboxylic acids is 2. The first-order valence-electron chi connectivity index (χ1n) is 40.4. The lowest BCUT2D eigenvalue weighted by Gasteiger charge is -2.47. The van der Waals surface area contributed by atoms with E-state index in [1.54, 1.807) is 20.8 Å². The third kappa shape index (κ3) is 19.5. The van der Waals surface area contributed by atoms with Crippen molar-refractivity contribution in [3.63, 3.8) is 0 Å². The summed E-state index contributed by atoms with van der Waals surface area (Å²) in [6, 6.07) is 6.78. The third-order valence-electron chi connectivity index (χ3n) is 22.9. The van der Waals surface area contributed by atoms with Gasteiger partial charge in [-0.15, -0.1) is 11.8 Å². The summed E-state index contributed by atoms with van der Waals surface area (Å²) in [6.45, 7) is 10.9. The Balaban J connectivity index is 0.000000427. The number of hydrogen-bond acceptors (Lipinski definition) is 31. The Bertz CT molecular complexity index is 5580. The van der Waals surface area contributed by atoms with Crippen molar-refractivity contribution in [2.24, 2.45) is 17.4 Å². The molecule has 9 aliphatic heterocycles. The molecule has 4 saturated heterocycles. The highest BCUT2D eigenvalue weighted by Crippen LogP contribution is 2.53. The van der Waals surface area contributed by atoms with E-state index in [-0.39, 0.29) is 57.7 Å². The predicted octanol–water partition coefficient (Wildman–Crippen LogP) is 2.00. The molecular weight excluding hydrogens is 1760 g/mol. The molecule has 1 aromatic heterocycles. The van der Waals surface area contributed by atoms with Gasteiger partial charge in [0.05, 0.1) is 41.3 Å². The van der Waals surface area contributed by atoms with Crippen LogP contribution in [0.1, 0.15) is 135 Å². The normalized spacial score (nSPS) is 28.5. The first-order valence-corrected chi connectivity index (χ1v) is 42.0. The van der Waals surface area contributed by atoms with Crippen molar-refractivity contribution < 1.29 is 142 Å². The number of amides is 9. The van der Waals surface area contributed by atoms with Gasteiger partial charge in [0.1, 0.15) is 124 Å². The highest BCUT2D eigenvalue weighted by molar-refractivity contribution is 8.01. The molecular formula is C85H94Cl2N12O29S. The van der Waals surface area contributed by atoms with Gasteiger partial charge in [0.25, 0.3) is 5.91 Å². The van der Waals surface area contributed by atoms with Crippen LogP contribution in [0.15, 0.2) is 114 Å². The fourth-order valence-electron chi connectivity index (χ4n) is 16.3. The van der Waals surface area contributed by atoms with E-state index in [1.807, 2.05) is 44.2 Å². The largest absolute Gasteiger partial charge is 0.508 e. The number of aliphatic hydroxyl groups is 6. The maximum absolute atomic E-state index is 16.0. The lowest BCUT2D eigenvalue weighted by atomic mass is 9.86. The van der Waals surface area contributed by atoms with E-state index in [1.165, 1.54) is 49.7 Å². The molecule has 44 heteroatoms. The molecule has 1 unspecified atom stereocenters. The SMILES string of the molecule is CN[C@H](CC(C)C)C(=O)N[C@H]1C(=O)N[C@@H](CC(N)=O)C(=O)N[C@H]2C(=O)N[C@H]3C(=O)N[C@H](C(=O)N[C@@H](C(=O)O)c4cc(O)cc(O)c4-c4cc3ccc4O)[C@H](O)c3ccc(c(Cl)c3)Oc3cc2cc(c3O[C@@H]2O[C@H](CO)[C@@H](O)[C@H](O)[C@H]2O[C@H]2C[C@](C)(N)C(O)[C@H](C)O2)Oc2ccc(cc2Cl)[C@H]1O.Cc1onc(-c2ccccc2)c1C(=O)N[C@@H]1C(=O)N2[C@@H]1SC(C)(C)[C@@H]2C(=O)O. The quantitative estimate of drug-likeness (QED) is 0.0580. The molecule has 688 valence electrons. The number of primary amides is 1. The van der Waals surface area contributed by atoms with E-state index >= 15 is 14.4 Å². The first kappa shape index (κ1) is 94.6. The van der Waals surface area contributed by atoms with Crippen LogP contribution in [0.25, 0.3) is 22.4 Å². The van der Waals surface area contributed by atoms with E-state index in [4.69, 9.17) is 67.6 Å². The topological polar surface area (TPSA) is 643 Å². The van der Waals surface area contributed by atoms with Crippen LogP contribution in [0, 0.1) is 12.8 Å². The highest BCUT2D eigenvalue weighted by Gasteiger charge is 2.64. The van der Waals surface area contributed by atoms with Crippen molar-refractivity contribution in [2.45, 2.75) is 199 Å². The molecule has 23 N–H and O–H groups in total. The Kier molecular flexibility index (Phi) is 27.8. The lowest BCUT2D eigenvalue weighted by molar-refractivity contribution is -0.333. The number of nitrogens with one attached hydrogen (secondary N) is 8. The van der Waals surface area contributed by atoms with Crippen LogP contribution < -0.4 is 68.2 Å². The number of carbonyl (C=O) groups is 11. The van der Waals surface area contributed by atoms with Gasteiger partial charge in [-0.25, -0.2) is 9.59 Å². The first-order chi connectivity index (χ1) is 60.9. The van der Waals surface area contributed by atoms with Crippen molar-refractivity contribution in [2.75, 3.05) is 13.7 Å². The zero-order chi connectivity index (χ0) is 93.8. The molecule has 129 heavy (non-hydrogen) atoms. The van der Waals surface area contributed by atoms with Crippen LogP contribution in [0.3, 0.4) is 0 Å². The molecule has 6 aromatic carbocycles. The minimum absolute atomic E-state index is 0.0975. The van der Waals surface area contributed by atoms with Crippen LogP contribution in [-0.4, -0.2) is 246 Å². The average Bonchev–Trinajstić information content (AvgIpc) is 1.56. The second kappa shape index (κ2) is 38.0. The number of fused-ring (bicyclic) bond motifs is 16. The summed E-state index contributed by atoms with van der Waals surface area (Å²) in [7, 11) is 1.47. The van der Waals surface area contributed by atoms with Crippen LogP contribution in [-0.2, 0) is 62.2 Å². The predicted molar refractivity (Wildman–Crippen MR) is 451 cm³/mol. The maximum Gasteiger partial charge on any atom is 0.330 e. The molecule has 9 amide bonds. The van der Waals surface area contributed by atoms with Gasteiger partial charge in [-0.3, -0.25) is 43.2 Å². The molecule has 4 fully saturated rings. The number of halogens is 2. The van der Waals surface area contributed by atoms with Gasteiger partial charge in [0, 0.05) is 45.0 Å². The number of aliphatic hydroxyl groups excluding tert-OH is 6. The third-order valence-corrected chi connectivity index (χ3v) is 25.0. The zero-order valence-corrected chi connectivity index (χ0v) is 72.2. The summed E-state index contributed by atoms with van der Waals surface area (Å²) in [6.07, 6.45) is -18.6. The van der Waals surface area contributed by atoms with E-state index in [0.717, 1.165) is 72.3 Å². The average molecular weight is 1850 g/mol. The van der Waals surface area contributed by atoms with Gasteiger partial charge in [0.2, 0.25) is 59.3 Å². The van der Waals surface area contributed by atoms with E-state index in [9.17, 15) is 94.5 Å². The van der Waals surface area contributed by atoms with Gasteiger partial charge < -0.3 is 148 Å². The molecule has 9 aliphatic rings. The van der Waals surface area contributed by atoms with Crippen LogP contribution >= 0.6 is 35.0 Å². The summed E-state index contributed by atoms with van der Waals surface area (Å²) in [5.74, 6) is -17.5. The summed E-state index contributed by atoms with van der Waals surface area (Å²) in [4.78, 5) is 155. The standard InChI is InChI=1S/C66H75Cl2N9O24.C19H19N3O5S/c1-23(2)12-34(71-5)58(88)76-49-51(83)26-7-10-38(32(67)14-26)97-40-16-28-17-41(55(40)101-65-56(54(86)53(85)42(22-78)99-65)100-44-21-66(4,70)57(87)24(3)96-44)98-39-11-8-27(15-33(39)68)52(84)50-63(93)75-48(64(94)95)31-18-29(79)19-37(81)45(31)30-13-25(6-9-36(30)80)46(60(90)77-50)74-61(91)47(28)73-59(89)35(20-43(69)82)72-62(49)92;1-9-11(12(21-27-9)10-7-5-4-6-8-10)15(23)20-13-16(24)22-14(18(25)26)19(2,3)28-17(13)22/h6-11,13-19,23-24,34-35,42,44,46-54,56-57,65,71,78-81,83-87H,12,20-22,70H2,1-5H3,(H2,69,82)(H,72,92)(H,73,89)(H,74,91)(H,75,93)(H,76,88)(H,77,90)(H,94,95);4-8,13-14,17H,1-3H3,(H,20,23)(H,25,26)/t24-,34+,35-,42+,44-,46+,47+,48+,49+,50-,51+,52+,53+,54-,56+,57?,65-,66-;13-,14+,17-/m01/s1. The number of likely N-dealkylation sites (N-methyl/N-ethyl adjacent to an activating group) is 1. The Morgan fingerprint density at radius 2 is 1.32 bits per heavy atom. The number of carboxylic acids is 2. The van der Waals surface area contributed by atoms with E-state index in [2.05, 4.69) is 47.7 Å². The maximum atomic E-state index is 16.0. The molecule has 21 atom stereocenters.